The predicted molar refractivity (Wildman–Crippen MR) is 79.6 cm³/mol. The summed E-state index contributed by atoms with van der Waals surface area (Å²) in [6.07, 6.45) is 4.33. The van der Waals surface area contributed by atoms with Gasteiger partial charge in [-0.15, -0.1) is 0 Å². The molecular formula is C17H33N. The molecule has 0 spiro atoms. The highest BCUT2D eigenvalue weighted by Crippen LogP contribution is 2.62. The number of nitrogens with one attached hydrogen (secondary N) is 1. The second-order valence-corrected chi connectivity index (χ2v) is 8.53. The van der Waals surface area contributed by atoms with Crippen LogP contribution in [0.1, 0.15) is 67.7 Å². The highest BCUT2D eigenvalue weighted by Gasteiger charge is 2.59. The van der Waals surface area contributed by atoms with Crippen LogP contribution < -0.4 is 5.32 Å². The lowest BCUT2D eigenvalue weighted by Gasteiger charge is -2.46. The van der Waals surface area contributed by atoms with Gasteiger partial charge in [-0.05, 0) is 47.8 Å². The minimum absolute atomic E-state index is 0.481. The number of fused-ring (bicyclic) bond motifs is 2. The van der Waals surface area contributed by atoms with E-state index in [1.165, 1.54) is 19.3 Å². The fourth-order valence-electron chi connectivity index (χ4n) is 5.07. The van der Waals surface area contributed by atoms with Crippen LogP contribution in [0.15, 0.2) is 0 Å². The SMILES string of the molecule is CC(C)C(NC1C2(C)CCC(C2)C1(C)C)C(C)C. The summed E-state index contributed by atoms with van der Waals surface area (Å²) in [6.45, 7) is 17.0. The van der Waals surface area contributed by atoms with Crippen molar-refractivity contribution in [1.29, 1.82) is 0 Å². The Hall–Kier alpha value is -0.0400. The van der Waals surface area contributed by atoms with Gasteiger partial charge < -0.3 is 5.32 Å². The Morgan fingerprint density at radius 1 is 1.00 bits per heavy atom. The van der Waals surface area contributed by atoms with Crippen molar-refractivity contribution in [2.24, 2.45) is 28.6 Å². The molecule has 1 heteroatoms. The van der Waals surface area contributed by atoms with Crippen LogP contribution in [0, 0.1) is 28.6 Å². The van der Waals surface area contributed by atoms with Gasteiger partial charge in [0.2, 0.25) is 0 Å². The van der Waals surface area contributed by atoms with Crippen molar-refractivity contribution < 1.29 is 0 Å². The molecule has 0 aromatic rings. The van der Waals surface area contributed by atoms with E-state index in [1.807, 2.05) is 0 Å². The molecule has 0 saturated heterocycles. The van der Waals surface area contributed by atoms with Gasteiger partial charge in [0.15, 0.2) is 0 Å². The van der Waals surface area contributed by atoms with Crippen LogP contribution >= 0.6 is 0 Å². The summed E-state index contributed by atoms with van der Waals surface area (Å²) in [5.74, 6) is 2.40. The predicted octanol–water partition coefficient (Wildman–Crippen LogP) is 4.47. The van der Waals surface area contributed by atoms with E-state index >= 15 is 0 Å². The van der Waals surface area contributed by atoms with Gasteiger partial charge in [-0.1, -0.05) is 48.5 Å². The van der Waals surface area contributed by atoms with Crippen molar-refractivity contribution >= 4 is 0 Å². The lowest BCUT2D eigenvalue weighted by molar-refractivity contribution is 0.0831. The average molecular weight is 251 g/mol. The van der Waals surface area contributed by atoms with Crippen molar-refractivity contribution in [3.05, 3.63) is 0 Å². The minimum Gasteiger partial charge on any atom is -0.310 e. The van der Waals surface area contributed by atoms with Crippen LogP contribution in [-0.4, -0.2) is 12.1 Å². The van der Waals surface area contributed by atoms with Crippen molar-refractivity contribution in [1.82, 2.24) is 5.32 Å². The van der Waals surface area contributed by atoms with Crippen molar-refractivity contribution in [2.45, 2.75) is 79.8 Å². The van der Waals surface area contributed by atoms with Crippen LogP contribution in [-0.2, 0) is 0 Å². The monoisotopic (exact) mass is 251 g/mol. The first kappa shape index (κ1) is 14.4. The molecule has 1 N–H and O–H groups in total. The third-order valence-electron chi connectivity index (χ3n) is 6.07. The summed E-state index contributed by atoms with van der Waals surface area (Å²) in [5.41, 5.74) is 1.03. The molecule has 2 aliphatic carbocycles. The number of hydrogen-bond acceptors (Lipinski definition) is 1. The molecule has 18 heavy (non-hydrogen) atoms. The van der Waals surface area contributed by atoms with Crippen LogP contribution in [0.25, 0.3) is 0 Å². The quantitative estimate of drug-likeness (QED) is 0.777. The Morgan fingerprint density at radius 2 is 1.56 bits per heavy atom. The fraction of sp³-hybridized carbons (Fsp3) is 1.00. The molecule has 2 bridgehead atoms. The zero-order valence-electron chi connectivity index (χ0n) is 13.5. The maximum absolute atomic E-state index is 4.08. The van der Waals surface area contributed by atoms with Gasteiger partial charge in [-0.25, -0.2) is 0 Å². The topological polar surface area (TPSA) is 12.0 Å². The average Bonchev–Trinajstić information content (AvgIpc) is 2.67. The van der Waals surface area contributed by atoms with E-state index in [-0.39, 0.29) is 0 Å². The lowest BCUT2D eigenvalue weighted by Crippen LogP contribution is -2.56. The van der Waals surface area contributed by atoms with Gasteiger partial charge in [0.25, 0.3) is 0 Å². The first-order valence-electron chi connectivity index (χ1n) is 7.94. The summed E-state index contributed by atoms with van der Waals surface area (Å²) in [7, 11) is 0. The first-order valence-corrected chi connectivity index (χ1v) is 7.94. The number of hydrogen-bond donors (Lipinski definition) is 1. The van der Waals surface area contributed by atoms with E-state index in [4.69, 9.17) is 0 Å². The second kappa shape index (κ2) is 4.51. The molecule has 2 fully saturated rings. The molecule has 0 heterocycles. The van der Waals surface area contributed by atoms with Gasteiger partial charge in [-0.3, -0.25) is 0 Å². The molecule has 0 aromatic heterocycles. The molecule has 2 rings (SSSR count). The van der Waals surface area contributed by atoms with Crippen LogP contribution in [0.5, 0.6) is 0 Å². The molecule has 0 radical (unpaired) electrons. The van der Waals surface area contributed by atoms with Gasteiger partial charge in [0.1, 0.15) is 0 Å². The normalized spacial score (nSPS) is 38.3. The summed E-state index contributed by atoms with van der Waals surface area (Å²) in [4.78, 5) is 0. The minimum atomic E-state index is 0.481. The third-order valence-corrected chi connectivity index (χ3v) is 6.07. The van der Waals surface area contributed by atoms with Gasteiger partial charge in [-0.2, -0.15) is 0 Å². The molecule has 1 nitrogen and oxygen atoms in total. The lowest BCUT2D eigenvalue weighted by atomic mass is 9.67. The van der Waals surface area contributed by atoms with Crippen molar-refractivity contribution in [3.8, 4) is 0 Å². The van der Waals surface area contributed by atoms with E-state index in [0.29, 0.717) is 22.9 Å². The molecule has 0 aliphatic heterocycles. The Kier molecular flexibility index (Phi) is 3.60. The maximum Gasteiger partial charge on any atom is 0.0178 e. The van der Waals surface area contributed by atoms with E-state index < -0.39 is 0 Å². The van der Waals surface area contributed by atoms with E-state index in [9.17, 15) is 0 Å². The molecule has 3 unspecified atom stereocenters. The maximum atomic E-state index is 4.08. The van der Waals surface area contributed by atoms with Gasteiger partial charge >= 0.3 is 0 Å². The zero-order valence-corrected chi connectivity index (χ0v) is 13.5. The summed E-state index contributed by atoms with van der Waals surface area (Å²) >= 11 is 0. The Bertz CT molecular complexity index is 292. The summed E-state index contributed by atoms with van der Waals surface area (Å²) in [6, 6.07) is 1.36. The Labute approximate surface area is 114 Å². The molecule has 2 saturated carbocycles. The standard InChI is InChI=1S/C17H33N/c1-11(2)14(12(3)4)18-15-16(5,6)13-8-9-17(15,7)10-13/h11-15,18H,8-10H2,1-7H3. The largest absolute Gasteiger partial charge is 0.310 e. The van der Waals surface area contributed by atoms with Gasteiger partial charge in [0.05, 0.1) is 0 Å². The fourth-order valence-corrected chi connectivity index (χ4v) is 5.07. The van der Waals surface area contributed by atoms with Crippen molar-refractivity contribution in [3.63, 3.8) is 0 Å². The number of rotatable bonds is 4. The van der Waals surface area contributed by atoms with E-state index in [0.717, 1.165) is 17.8 Å². The zero-order chi connectivity index (χ0) is 13.7. The molecule has 0 amide bonds. The molecule has 0 aromatic carbocycles. The van der Waals surface area contributed by atoms with E-state index in [2.05, 4.69) is 53.8 Å². The highest BCUT2D eigenvalue weighted by atomic mass is 15.0. The highest BCUT2D eigenvalue weighted by molar-refractivity contribution is 5.12. The molecule has 2 aliphatic rings. The Balaban J connectivity index is 2.17. The summed E-state index contributed by atoms with van der Waals surface area (Å²) < 4.78 is 0. The van der Waals surface area contributed by atoms with Crippen LogP contribution in [0.4, 0.5) is 0 Å². The molecule has 106 valence electrons. The first-order chi connectivity index (χ1) is 8.18. The van der Waals surface area contributed by atoms with Gasteiger partial charge in [0, 0.05) is 12.1 Å². The van der Waals surface area contributed by atoms with E-state index in [1.54, 1.807) is 0 Å². The summed E-state index contributed by atoms with van der Waals surface area (Å²) in [5, 5.41) is 4.08. The third kappa shape index (κ3) is 2.13. The van der Waals surface area contributed by atoms with Crippen molar-refractivity contribution in [2.75, 3.05) is 0 Å². The second-order valence-electron chi connectivity index (χ2n) is 8.53. The van der Waals surface area contributed by atoms with Crippen LogP contribution in [0.3, 0.4) is 0 Å². The molecule has 3 atom stereocenters. The Morgan fingerprint density at radius 3 is 1.94 bits per heavy atom. The smallest absolute Gasteiger partial charge is 0.0178 e. The van der Waals surface area contributed by atoms with Crippen LogP contribution in [0.2, 0.25) is 0 Å². The molecular weight excluding hydrogens is 218 g/mol.